The van der Waals surface area contributed by atoms with Crippen molar-refractivity contribution in [2.75, 3.05) is 26.7 Å². The smallest absolute Gasteiger partial charge is 0.337 e. The number of ether oxygens (including phenoxy) is 1. The molecule has 0 unspecified atom stereocenters. The number of carbonyl (C=O) groups excluding carboxylic acids is 1. The van der Waals surface area contributed by atoms with Crippen LogP contribution < -0.4 is 0 Å². The maximum absolute atomic E-state index is 11.4. The van der Waals surface area contributed by atoms with Crippen LogP contribution in [-0.2, 0) is 4.74 Å². The molecule has 0 amide bonds. The lowest BCUT2D eigenvalue weighted by Crippen LogP contribution is -2.41. The Morgan fingerprint density at radius 1 is 1.27 bits per heavy atom. The molecule has 1 N–H and O–H groups in total. The number of methoxy groups -OCH3 is 1. The molecule has 1 saturated heterocycles. The van der Waals surface area contributed by atoms with Gasteiger partial charge in [0.2, 0.25) is 0 Å². The highest BCUT2D eigenvalue weighted by atomic mass is 16.5. The third-order valence-electron chi connectivity index (χ3n) is 3.81. The third kappa shape index (κ3) is 4.97. The number of rotatable bonds is 4. The first-order valence-electron chi connectivity index (χ1n) is 7.70. The number of benzene rings is 1. The van der Waals surface area contributed by atoms with Crippen molar-refractivity contribution < 1.29 is 14.6 Å². The van der Waals surface area contributed by atoms with Crippen LogP contribution >= 0.6 is 0 Å². The zero-order valence-corrected chi connectivity index (χ0v) is 13.6. The number of β-amino-alcohol motifs (C(OH)–C–C–N with tert-alkyl or cyclic N) is 1. The molecular weight excluding hydrogens is 278 g/mol. The molecule has 0 spiro atoms. The van der Waals surface area contributed by atoms with E-state index in [0.29, 0.717) is 12.1 Å². The van der Waals surface area contributed by atoms with Crippen molar-refractivity contribution in [3.8, 4) is 0 Å². The van der Waals surface area contributed by atoms with E-state index >= 15 is 0 Å². The number of nitrogens with zero attached hydrogens (tertiary/aromatic N) is 1. The second-order valence-corrected chi connectivity index (χ2v) is 6.50. The predicted molar refractivity (Wildman–Crippen MR) is 87.7 cm³/mol. The molecule has 1 heterocycles. The summed E-state index contributed by atoms with van der Waals surface area (Å²) >= 11 is 0. The summed E-state index contributed by atoms with van der Waals surface area (Å²) in [5.74, 6) is -0.306. The number of hydrogen-bond acceptors (Lipinski definition) is 4. The summed E-state index contributed by atoms with van der Waals surface area (Å²) in [5, 5.41) is 9.87. The zero-order chi connectivity index (χ0) is 16.2. The van der Waals surface area contributed by atoms with Gasteiger partial charge in [-0.1, -0.05) is 23.8 Å². The summed E-state index contributed by atoms with van der Waals surface area (Å²) in [7, 11) is 1.39. The van der Waals surface area contributed by atoms with Crippen molar-refractivity contribution in [3.63, 3.8) is 0 Å². The molecular formula is C18H25NO3. The topological polar surface area (TPSA) is 49.8 Å². The first kappa shape index (κ1) is 16.7. The number of piperidine rings is 1. The van der Waals surface area contributed by atoms with Crippen LogP contribution in [-0.4, -0.2) is 48.3 Å². The summed E-state index contributed by atoms with van der Waals surface area (Å²) in [4.78, 5) is 13.7. The van der Waals surface area contributed by atoms with Crippen LogP contribution in [0.15, 0.2) is 29.8 Å². The van der Waals surface area contributed by atoms with Gasteiger partial charge in [-0.25, -0.2) is 4.79 Å². The van der Waals surface area contributed by atoms with Crippen LogP contribution in [0.4, 0.5) is 0 Å². The van der Waals surface area contributed by atoms with Crippen molar-refractivity contribution in [1.82, 2.24) is 4.90 Å². The molecule has 4 heteroatoms. The summed E-state index contributed by atoms with van der Waals surface area (Å²) in [6.07, 6.45) is 4.24. The fourth-order valence-corrected chi connectivity index (χ4v) is 2.76. The van der Waals surface area contributed by atoms with Gasteiger partial charge >= 0.3 is 5.97 Å². The number of aliphatic hydroxyl groups is 1. The SMILES string of the molecule is COC(=O)c1ccc(C=C2CCN(CC(C)(C)O)CC2)cc1. The van der Waals surface area contributed by atoms with Gasteiger partial charge < -0.3 is 9.84 Å². The molecule has 1 aliphatic rings. The Morgan fingerprint density at radius 3 is 2.36 bits per heavy atom. The highest BCUT2D eigenvalue weighted by Gasteiger charge is 2.21. The van der Waals surface area contributed by atoms with Crippen molar-refractivity contribution >= 4 is 12.0 Å². The molecule has 1 fully saturated rings. The number of likely N-dealkylation sites (tertiary alicyclic amines) is 1. The predicted octanol–water partition coefficient (Wildman–Crippen LogP) is 2.72. The quantitative estimate of drug-likeness (QED) is 0.869. The molecule has 0 atom stereocenters. The van der Waals surface area contributed by atoms with Gasteiger partial charge in [-0.05, 0) is 44.4 Å². The molecule has 120 valence electrons. The monoisotopic (exact) mass is 303 g/mol. The lowest BCUT2D eigenvalue weighted by atomic mass is 9.99. The van der Waals surface area contributed by atoms with E-state index in [4.69, 9.17) is 4.74 Å². The molecule has 0 bridgehead atoms. The van der Waals surface area contributed by atoms with Gasteiger partial charge in [-0.2, -0.15) is 0 Å². The summed E-state index contributed by atoms with van der Waals surface area (Å²) in [6, 6.07) is 7.48. The minimum absolute atomic E-state index is 0.306. The summed E-state index contributed by atoms with van der Waals surface area (Å²) in [6.45, 7) is 6.38. The van der Waals surface area contributed by atoms with E-state index in [1.807, 2.05) is 26.0 Å². The molecule has 0 aliphatic carbocycles. The fourth-order valence-electron chi connectivity index (χ4n) is 2.76. The Kier molecular flexibility index (Phi) is 5.37. The summed E-state index contributed by atoms with van der Waals surface area (Å²) < 4.78 is 4.70. The molecule has 1 aromatic rings. The van der Waals surface area contributed by atoms with E-state index in [9.17, 15) is 9.90 Å². The van der Waals surface area contributed by atoms with Crippen molar-refractivity contribution in [2.45, 2.75) is 32.3 Å². The van der Waals surface area contributed by atoms with E-state index in [0.717, 1.165) is 31.5 Å². The minimum Gasteiger partial charge on any atom is -0.465 e. The van der Waals surface area contributed by atoms with Crippen LogP contribution in [0.25, 0.3) is 6.08 Å². The van der Waals surface area contributed by atoms with Crippen LogP contribution in [0, 0.1) is 0 Å². The first-order valence-corrected chi connectivity index (χ1v) is 7.70. The molecule has 4 nitrogen and oxygen atoms in total. The summed E-state index contributed by atoms with van der Waals surface area (Å²) in [5.41, 5.74) is 2.46. The average molecular weight is 303 g/mol. The standard InChI is InChI=1S/C18H25NO3/c1-18(2,21)13-19-10-8-15(9-11-19)12-14-4-6-16(7-5-14)17(20)22-3/h4-7,12,21H,8-11,13H2,1-3H3. The van der Waals surface area contributed by atoms with Gasteiger partial charge in [0.1, 0.15) is 0 Å². The number of hydrogen-bond donors (Lipinski definition) is 1. The molecule has 1 aliphatic heterocycles. The molecule has 0 aromatic heterocycles. The second kappa shape index (κ2) is 7.07. The van der Waals surface area contributed by atoms with E-state index in [1.165, 1.54) is 12.7 Å². The van der Waals surface area contributed by atoms with Gasteiger partial charge in [-0.15, -0.1) is 0 Å². The minimum atomic E-state index is -0.634. The largest absolute Gasteiger partial charge is 0.465 e. The highest BCUT2D eigenvalue weighted by Crippen LogP contribution is 2.21. The fraction of sp³-hybridized carbons (Fsp3) is 0.500. The van der Waals surface area contributed by atoms with Gasteiger partial charge in [-0.3, -0.25) is 4.90 Å². The third-order valence-corrected chi connectivity index (χ3v) is 3.81. The highest BCUT2D eigenvalue weighted by molar-refractivity contribution is 5.89. The van der Waals surface area contributed by atoms with Gasteiger partial charge in [0.05, 0.1) is 18.3 Å². The van der Waals surface area contributed by atoms with Crippen LogP contribution in [0.1, 0.15) is 42.6 Å². The van der Waals surface area contributed by atoms with Crippen LogP contribution in [0.5, 0.6) is 0 Å². The lowest BCUT2D eigenvalue weighted by Gasteiger charge is -2.32. The Morgan fingerprint density at radius 2 is 1.86 bits per heavy atom. The van der Waals surface area contributed by atoms with E-state index in [1.54, 1.807) is 12.1 Å². The first-order chi connectivity index (χ1) is 10.4. The number of carbonyl (C=O) groups is 1. The molecule has 0 saturated carbocycles. The van der Waals surface area contributed by atoms with Gasteiger partial charge in [0, 0.05) is 19.6 Å². The Balaban J connectivity index is 1.93. The molecule has 1 aromatic carbocycles. The molecule has 0 radical (unpaired) electrons. The van der Waals surface area contributed by atoms with Crippen molar-refractivity contribution in [2.24, 2.45) is 0 Å². The number of esters is 1. The van der Waals surface area contributed by atoms with Gasteiger partial charge in [0.15, 0.2) is 0 Å². The average Bonchev–Trinajstić information content (AvgIpc) is 2.48. The maximum atomic E-state index is 11.4. The van der Waals surface area contributed by atoms with Crippen molar-refractivity contribution in [3.05, 3.63) is 41.0 Å². The Labute approximate surface area is 132 Å². The Hall–Kier alpha value is -1.65. The maximum Gasteiger partial charge on any atom is 0.337 e. The second-order valence-electron chi connectivity index (χ2n) is 6.50. The van der Waals surface area contributed by atoms with Gasteiger partial charge in [0.25, 0.3) is 0 Å². The van der Waals surface area contributed by atoms with E-state index < -0.39 is 5.60 Å². The van der Waals surface area contributed by atoms with Crippen molar-refractivity contribution in [1.29, 1.82) is 0 Å². The normalized spacial score (nSPS) is 16.5. The van der Waals surface area contributed by atoms with E-state index in [-0.39, 0.29) is 5.97 Å². The molecule has 2 rings (SSSR count). The lowest BCUT2D eigenvalue weighted by molar-refractivity contribution is 0.0338. The van der Waals surface area contributed by atoms with Crippen LogP contribution in [0.2, 0.25) is 0 Å². The zero-order valence-electron chi connectivity index (χ0n) is 13.6. The molecule has 22 heavy (non-hydrogen) atoms. The Bertz CT molecular complexity index is 530. The van der Waals surface area contributed by atoms with E-state index in [2.05, 4.69) is 11.0 Å². The van der Waals surface area contributed by atoms with Crippen LogP contribution in [0.3, 0.4) is 0 Å².